The van der Waals surface area contributed by atoms with Crippen molar-refractivity contribution < 1.29 is 4.42 Å². The van der Waals surface area contributed by atoms with Gasteiger partial charge in [0.2, 0.25) is 5.95 Å². The number of hydrogen-bond acceptors (Lipinski definition) is 4. The van der Waals surface area contributed by atoms with Crippen LogP contribution in [0.2, 0.25) is 0 Å². The van der Waals surface area contributed by atoms with E-state index in [1.54, 1.807) is 0 Å². The normalized spacial score (nSPS) is 10.7. The Morgan fingerprint density at radius 1 is 1.30 bits per heavy atom. The lowest BCUT2D eigenvalue weighted by molar-refractivity contribution is 0.530. The minimum atomic E-state index is 0.560. The summed E-state index contributed by atoms with van der Waals surface area (Å²) in [5.74, 6) is 2.34. The molecule has 0 saturated heterocycles. The van der Waals surface area contributed by atoms with Gasteiger partial charge in [0.1, 0.15) is 17.8 Å². The summed E-state index contributed by atoms with van der Waals surface area (Å²) in [6, 6.07) is 10.1. The van der Waals surface area contributed by atoms with E-state index in [0.717, 1.165) is 21.6 Å². The van der Waals surface area contributed by atoms with Gasteiger partial charge in [-0.1, -0.05) is 15.9 Å². The Morgan fingerprint density at radius 2 is 2.20 bits per heavy atom. The van der Waals surface area contributed by atoms with Gasteiger partial charge in [-0.2, -0.15) is 5.10 Å². The number of aromatic amines is 1. The first-order valence-corrected chi connectivity index (χ1v) is 6.96. The van der Waals surface area contributed by atoms with Crippen LogP contribution in [0.1, 0.15) is 11.3 Å². The standard InChI is InChI=1S/C14H13BrN4O/c1-9-6-10(15)2-4-12(9)13-5-3-11(20-13)7-16-14-17-8-18-19-14/h2-6,8H,7H2,1H3,(H2,16,17,18,19). The Morgan fingerprint density at radius 3 is 2.95 bits per heavy atom. The Hall–Kier alpha value is -2.08. The molecule has 2 N–H and O–H groups in total. The number of hydrogen-bond donors (Lipinski definition) is 2. The van der Waals surface area contributed by atoms with Crippen LogP contribution in [-0.4, -0.2) is 15.2 Å². The molecule has 0 bridgehead atoms. The predicted octanol–water partition coefficient (Wildman–Crippen LogP) is 3.75. The lowest BCUT2D eigenvalue weighted by Crippen LogP contribution is -1.99. The molecular formula is C14H13BrN4O. The van der Waals surface area contributed by atoms with Crippen LogP contribution in [0.15, 0.2) is 45.5 Å². The van der Waals surface area contributed by atoms with Crippen LogP contribution in [0, 0.1) is 6.92 Å². The zero-order valence-electron chi connectivity index (χ0n) is 10.9. The quantitative estimate of drug-likeness (QED) is 0.763. The molecule has 0 aliphatic heterocycles. The van der Waals surface area contributed by atoms with E-state index in [2.05, 4.69) is 49.4 Å². The Balaban J connectivity index is 1.76. The molecule has 0 amide bonds. The maximum atomic E-state index is 5.85. The lowest BCUT2D eigenvalue weighted by Gasteiger charge is -2.03. The van der Waals surface area contributed by atoms with Crippen molar-refractivity contribution in [1.82, 2.24) is 15.2 Å². The second-order valence-electron chi connectivity index (χ2n) is 4.41. The van der Waals surface area contributed by atoms with Crippen molar-refractivity contribution in [3.8, 4) is 11.3 Å². The maximum Gasteiger partial charge on any atom is 0.218 e. The van der Waals surface area contributed by atoms with Crippen LogP contribution < -0.4 is 5.32 Å². The van der Waals surface area contributed by atoms with Gasteiger partial charge in [0.05, 0.1) is 6.54 Å². The molecule has 2 heterocycles. The summed E-state index contributed by atoms with van der Waals surface area (Å²) in [7, 11) is 0. The van der Waals surface area contributed by atoms with Crippen LogP contribution in [0.4, 0.5) is 5.95 Å². The van der Waals surface area contributed by atoms with Gasteiger partial charge in [0, 0.05) is 10.0 Å². The molecule has 0 atom stereocenters. The van der Waals surface area contributed by atoms with Gasteiger partial charge < -0.3 is 9.73 Å². The van der Waals surface area contributed by atoms with E-state index in [4.69, 9.17) is 4.42 Å². The molecule has 6 heteroatoms. The number of aryl methyl sites for hydroxylation is 1. The van der Waals surface area contributed by atoms with E-state index in [1.807, 2.05) is 24.3 Å². The van der Waals surface area contributed by atoms with Gasteiger partial charge in [-0.3, -0.25) is 0 Å². The SMILES string of the molecule is Cc1cc(Br)ccc1-c1ccc(CNc2ncn[nH]2)o1. The summed E-state index contributed by atoms with van der Waals surface area (Å²) in [6.45, 7) is 2.62. The molecule has 102 valence electrons. The van der Waals surface area contributed by atoms with Crippen LogP contribution in [0.3, 0.4) is 0 Å². The van der Waals surface area contributed by atoms with Crippen molar-refractivity contribution in [3.05, 3.63) is 52.5 Å². The predicted molar refractivity (Wildman–Crippen MR) is 80.3 cm³/mol. The minimum Gasteiger partial charge on any atom is -0.459 e. The van der Waals surface area contributed by atoms with Crippen molar-refractivity contribution in [2.45, 2.75) is 13.5 Å². The Bertz CT molecular complexity index is 706. The first-order valence-electron chi connectivity index (χ1n) is 6.17. The van der Waals surface area contributed by atoms with Gasteiger partial charge in [0.25, 0.3) is 0 Å². The molecule has 2 aromatic heterocycles. The number of H-pyrrole nitrogens is 1. The Kier molecular flexibility index (Phi) is 3.56. The number of nitrogens with one attached hydrogen (secondary N) is 2. The largest absolute Gasteiger partial charge is 0.459 e. The molecule has 0 fully saturated rings. The van der Waals surface area contributed by atoms with Gasteiger partial charge >= 0.3 is 0 Å². The third-order valence-corrected chi connectivity index (χ3v) is 3.45. The van der Waals surface area contributed by atoms with Gasteiger partial charge in [0.15, 0.2) is 0 Å². The molecule has 0 spiro atoms. The highest BCUT2D eigenvalue weighted by atomic mass is 79.9. The van der Waals surface area contributed by atoms with Crippen LogP contribution >= 0.6 is 15.9 Å². The van der Waals surface area contributed by atoms with E-state index < -0.39 is 0 Å². The zero-order valence-corrected chi connectivity index (χ0v) is 12.4. The third-order valence-electron chi connectivity index (χ3n) is 2.96. The fraction of sp³-hybridized carbons (Fsp3) is 0.143. The summed E-state index contributed by atoms with van der Waals surface area (Å²) < 4.78 is 6.92. The average molecular weight is 333 g/mol. The highest BCUT2D eigenvalue weighted by Crippen LogP contribution is 2.27. The second kappa shape index (κ2) is 5.50. The molecule has 0 unspecified atom stereocenters. The summed E-state index contributed by atoms with van der Waals surface area (Å²) in [5, 5.41) is 9.61. The van der Waals surface area contributed by atoms with Crippen molar-refractivity contribution in [2.75, 3.05) is 5.32 Å². The van der Waals surface area contributed by atoms with Gasteiger partial charge in [-0.05, 0) is 42.8 Å². The van der Waals surface area contributed by atoms with E-state index in [9.17, 15) is 0 Å². The van der Waals surface area contributed by atoms with E-state index in [-0.39, 0.29) is 0 Å². The molecule has 5 nitrogen and oxygen atoms in total. The smallest absolute Gasteiger partial charge is 0.218 e. The molecule has 3 rings (SSSR count). The molecule has 1 aromatic carbocycles. The molecular weight excluding hydrogens is 320 g/mol. The number of furan rings is 1. The van der Waals surface area contributed by atoms with Crippen molar-refractivity contribution in [2.24, 2.45) is 0 Å². The fourth-order valence-electron chi connectivity index (χ4n) is 1.98. The third kappa shape index (κ3) is 2.75. The average Bonchev–Trinajstić information content (AvgIpc) is 3.07. The van der Waals surface area contributed by atoms with Gasteiger partial charge in [-0.25, -0.2) is 10.1 Å². The maximum absolute atomic E-state index is 5.85. The molecule has 20 heavy (non-hydrogen) atoms. The van der Waals surface area contributed by atoms with E-state index in [1.165, 1.54) is 11.9 Å². The van der Waals surface area contributed by atoms with Crippen LogP contribution in [0.25, 0.3) is 11.3 Å². The summed E-state index contributed by atoms with van der Waals surface area (Å²) in [4.78, 5) is 4.00. The van der Waals surface area contributed by atoms with Gasteiger partial charge in [-0.15, -0.1) is 0 Å². The molecule has 0 saturated carbocycles. The molecule has 0 aliphatic rings. The minimum absolute atomic E-state index is 0.560. The highest BCUT2D eigenvalue weighted by Gasteiger charge is 2.08. The summed E-state index contributed by atoms with van der Waals surface area (Å²) in [5.41, 5.74) is 2.27. The zero-order chi connectivity index (χ0) is 13.9. The number of aromatic nitrogens is 3. The van der Waals surface area contributed by atoms with E-state index in [0.29, 0.717) is 12.5 Å². The number of anilines is 1. The lowest BCUT2D eigenvalue weighted by atomic mass is 10.1. The first kappa shape index (κ1) is 12.9. The van der Waals surface area contributed by atoms with E-state index >= 15 is 0 Å². The summed E-state index contributed by atoms with van der Waals surface area (Å²) >= 11 is 3.46. The van der Waals surface area contributed by atoms with Crippen molar-refractivity contribution >= 4 is 21.9 Å². The van der Waals surface area contributed by atoms with Crippen molar-refractivity contribution in [3.63, 3.8) is 0 Å². The number of rotatable bonds is 4. The number of halogens is 1. The second-order valence-corrected chi connectivity index (χ2v) is 5.33. The molecule has 0 aliphatic carbocycles. The highest BCUT2D eigenvalue weighted by molar-refractivity contribution is 9.10. The number of nitrogens with zero attached hydrogens (tertiary/aromatic N) is 2. The van der Waals surface area contributed by atoms with Crippen molar-refractivity contribution in [1.29, 1.82) is 0 Å². The van der Waals surface area contributed by atoms with Crippen LogP contribution in [0.5, 0.6) is 0 Å². The Labute approximate surface area is 124 Å². The number of benzene rings is 1. The monoisotopic (exact) mass is 332 g/mol. The first-order chi connectivity index (χ1) is 9.72. The summed E-state index contributed by atoms with van der Waals surface area (Å²) in [6.07, 6.45) is 1.46. The fourth-order valence-corrected chi connectivity index (χ4v) is 2.46. The molecule has 0 radical (unpaired) electrons. The topological polar surface area (TPSA) is 66.7 Å². The van der Waals surface area contributed by atoms with Crippen LogP contribution in [-0.2, 0) is 6.54 Å². The molecule has 3 aromatic rings.